The Hall–Kier alpha value is -2.92. The van der Waals surface area contributed by atoms with E-state index in [1.54, 1.807) is 0 Å². The molecule has 2 aliphatic rings. The third kappa shape index (κ3) is 4.54. The van der Waals surface area contributed by atoms with E-state index in [4.69, 9.17) is 0 Å². The van der Waals surface area contributed by atoms with E-state index in [-0.39, 0.29) is 11.3 Å². The molecule has 1 N–H and O–H groups in total. The number of hydrogen-bond donors (Lipinski definition) is 1. The minimum Gasteiger partial charge on any atom is -0.324 e. The second-order valence-electron chi connectivity index (χ2n) is 8.40. The summed E-state index contributed by atoms with van der Waals surface area (Å²) >= 11 is 0. The maximum Gasteiger partial charge on any atom is 0.418 e. The first-order chi connectivity index (χ1) is 16.0. The summed E-state index contributed by atoms with van der Waals surface area (Å²) in [5.74, 6) is -1.27. The number of halogens is 3. The van der Waals surface area contributed by atoms with Gasteiger partial charge in [-0.25, -0.2) is 8.42 Å². The number of carbonyl (C=O) groups is 2. The van der Waals surface area contributed by atoms with Crippen LogP contribution in [0.1, 0.15) is 37.3 Å². The number of benzene rings is 2. The van der Waals surface area contributed by atoms with Crippen molar-refractivity contribution in [3.05, 3.63) is 53.6 Å². The number of anilines is 2. The molecule has 2 aliphatic heterocycles. The van der Waals surface area contributed by atoms with E-state index in [0.717, 1.165) is 31.4 Å². The van der Waals surface area contributed by atoms with E-state index in [0.29, 0.717) is 24.3 Å². The molecule has 182 valence electrons. The smallest absolute Gasteiger partial charge is 0.324 e. The molecule has 1 fully saturated rings. The highest BCUT2D eigenvalue weighted by Crippen LogP contribution is 2.37. The second kappa shape index (κ2) is 9.03. The van der Waals surface area contributed by atoms with Gasteiger partial charge in [-0.1, -0.05) is 18.6 Å². The average Bonchev–Trinajstić information content (AvgIpc) is 3.18. The van der Waals surface area contributed by atoms with Crippen LogP contribution in [0.2, 0.25) is 0 Å². The fourth-order valence-corrected chi connectivity index (χ4v) is 6.07. The van der Waals surface area contributed by atoms with Crippen LogP contribution in [0.15, 0.2) is 47.4 Å². The van der Waals surface area contributed by atoms with E-state index in [9.17, 15) is 31.2 Å². The van der Waals surface area contributed by atoms with Crippen molar-refractivity contribution in [2.45, 2.75) is 49.7 Å². The number of fused-ring (bicyclic) bond motifs is 1. The number of alkyl halides is 3. The fraction of sp³-hybridized carbons (Fsp3) is 0.391. The maximum atomic E-state index is 13.3. The fourth-order valence-electron chi connectivity index (χ4n) is 4.50. The zero-order valence-electron chi connectivity index (χ0n) is 18.4. The van der Waals surface area contributed by atoms with Gasteiger partial charge in [-0.2, -0.15) is 17.5 Å². The molecule has 0 aromatic heterocycles. The monoisotopic (exact) mass is 495 g/mol. The van der Waals surface area contributed by atoms with Gasteiger partial charge in [0.2, 0.25) is 21.8 Å². The Kier molecular flexibility index (Phi) is 6.43. The summed E-state index contributed by atoms with van der Waals surface area (Å²) in [6, 6.07) is 7.81. The molecule has 0 aliphatic carbocycles. The van der Waals surface area contributed by atoms with Gasteiger partial charge in [0.1, 0.15) is 6.04 Å². The molecule has 0 radical (unpaired) electrons. The maximum absolute atomic E-state index is 13.3. The van der Waals surface area contributed by atoms with Crippen molar-refractivity contribution in [1.29, 1.82) is 0 Å². The van der Waals surface area contributed by atoms with Gasteiger partial charge in [0.15, 0.2) is 0 Å². The van der Waals surface area contributed by atoms with Crippen LogP contribution in [-0.2, 0) is 32.2 Å². The molecule has 1 atom stereocenters. The number of hydrogen-bond acceptors (Lipinski definition) is 4. The number of nitrogens with zero attached hydrogens (tertiary/aromatic N) is 2. The predicted octanol–water partition coefficient (Wildman–Crippen LogP) is 3.80. The van der Waals surface area contributed by atoms with Crippen LogP contribution in [-0.4, -0.2) is 43.7 Å². The Bertz CT molecular complexity index is 1220. The number of para-hydroxylation sites is 1. The lowest BCUT2D eigenvalue weighted by Gasteiger charge is -2.26. The quantitative estimate of drug-likeness (QED) is 0.699. The Morgan fingerprint density at radius 1 is 1.03 bits per heavy atom. The number of carbonyl (C=O) groups excluding carboxylic acids is 2. The van der Waals surface area contributed by atoms with Gasteiger partial charge in [-0.3, -0.25) is 14.5 Å². The van der Waals surface area contributed by atoms with Crippen LogP contribution in [0.5, 0.6) is 0 Å². The number of amides is 2. The van der Waals surface area contributed by atoms with E-state index in [1.165, 1.54) is 46.5 Å². The highest BCUT2D eigenvalue weighted by Gasteiger charge is 2.40. The third-order valence-corrected chi connectivity index (χ3v) is 8.02. The van der Waals surface area contributed by atoms with Crippen molar-refractivity contribution >= 4 is 33.2 Å². The van der Waals surface area contributed by atoms with Gasteiger partial charge in [0.25, 0.3) is 0 Å². The molecule has 0 spiro atoms. The lowest BCUT2D eigenvalue weighted by atomic mass is 10.1. The summed E-state index contributed by atoms with van der Waals surface area (Å²) in [6.45, 7) is 2.11. The van der Waals surface area contributed by atoms with Gasteiger partial charge in [-0.15, -0.1) is 0 Å². The zero-order valence-corrected chi connectivity index (χ0v) is 19.2. The SMILES string of the molecule is CC(=O)N1c2ccc(S(=O)(=O)N3CCCCC3)cc2C[C@H]1C(=O)Nc1ccccc1C(F)(F)F. The lowest BCUT2D eigenvalue weighted by Crippen LogP contribution is -2.44. The molecule has 4 rings (SSSR count). The van der Waals surface area contributed by atoms with Crippen molar-refractivity contribution in [2.75, 3.05) is 23.3 Å². The highest BCUT2D eigenvalue weighted by atomic mass is 32.2. The zero-order chi connectivity index (χ0) is 24.7. The average molecular weight is 496 g/mol. The van der Waals surface area contributed by atoms with Crippen LogP contribution < -0.4 is 10.2 Å². The molecule has 11 heteroatoms. The summed E-state index contributed by atoms with van der Waals surface area (Å²) in [7, 11) is -3.73. The number of piperidine rings is 1. The first-order valence-corrected chi connectivity index (χ1v) is 12.3. The number of rotatable bonds is 4. The van der Waals surface area contributed by atoms with E-state index < -0.39 is 45.3 Å². The summed E-state index contributed by atoms with van der Waals surface area (Å²) < 4.78 is 67.5. The summed E-state index contributed by atoms with van der Waals surface area (Å²) in [5, 5.41) is 2.30. The van der Waals surface area contributed by atoms with Gasteiger partial charge >= 0.3 is 6.18 Å². The molecule has 34 heavy (non-hydrogen) atoms. The van der Waals surface area contributed by atoms with Gasteiger partial charge in [0, 0.05) is 32.1 Å². The van der Waals surface area contributed by atoms with Gasteiger partial charge in [0.05, 0.1) is 16.1 Å². The van der Waals surface area contributed by atoms with Crippen LogP contribution in [0.25, 0.3) is 0 Å². The van der Waals surface area contributed by atoms with Crippen molar-refractivity contribution in [2.24, 2.45) is 0 Å². The van der Waals surface area contributed by atoms with E-state index in [1.807, 2.05) is 0 Å². The predicted molar refractivity (Wildman–Crippen MR) is 120 cm³/mol. The van der Waals surface area contributed by atoms with Crippen molar-refractivity contribution in [1.82, 2.24) is 4.31 Å². The van der Waals surface area contributed by atoms with Crippen LogP contribution in [0, 0.1) is 0 Å². The molecule has 0 unspecified atom stereocenters. The Morgan fingerprint density at radius 3 is 2.35 bits per heavy atom. The Morgan fingerprint density at radius 2 is 1.71 bits per heavy atom. The molecule has 0 bridgehead atoms. The summed E-state index contributed by atoms with van der Waals surface area (Å²) in [5.41, 5.74) is -0.567. The van der Waals surface area contributed by atoms with E-state index >= 15 is 0 Å². The van der Waals surface area contributed by atoms with Gasteiger partial charge in [-0.05, 0) is 48.7 Å². The molecule has 2 aromatic carbocycles. The minimum atomic E-state index is -4.67. The first kappa shape index (κ1) is 24.2. The molecule has 2 amide bonds. The van der Waals surface area contributed by atoms with Crippen molar-refractivity contribution < 1.29 is 31.2 Å². The van der Waals surface area contributed by atoms with E-state index in [2.05, 4.69) is 5.32 Å². The van der Waals surface area contributed by atoms with Crippen LogP contribution >= 0.6 is 0 Å². The summed E-state index contributed by atoms with van der Waals surface area (Å²) in [6.07, 6.45) is -2.15. The molecule has 7 nitrogen and oxygen atoms in total. The van der Waals surface area contributed by atoms with Crippen molar-refractivity contribution in [3.8, 4) is 0 Å². The van der Waals surface area contributed by atoms with Gasteiger partial charge < -0.3 is 5.32 Å². The van der Waals surface area contributed by atoms with Crippen molar-refractivity contribution in [3.63, 3.8) is 0 Å². The minimum absolute atomic E-state index is 0.0156. The number of sulfonamides is 1. The first-order valence-electron chi connectivity index (χ1n) is 10.9. The third-order valence-electron chi connectivity index (χ3n) is 6.12. The molecular weight excluding hydrogens is 471 g/mol. The standard InChI is InChI=1S/C23H24F3N3O4S/c1-15(30)29-20-10-9-17(34(32,33)28-11-5-2-6-12-28)13-16(20)14-21(29)22(31)27-19-8-4-3-7-18(19)23(24,25)26/h3-4,7-10,13,21H,2,5-6,11-12,14H2,1H3,(H,27,31)/t21-/m0/s1. The Labute approximate surface area is 195 Å². The molecular formula is C23H24F3N3O4S. The summed E-state index contributed by atoms with van der Waals surface area (Å²) in [4.78, 5) is 26.6. The largest absolute Gasteiger partial charge is 0.418 e. The van der Waals surface area contributed by atoms with Crippen LogP contribution in [0.4, 0.5) is 24.5 Å². The molecule has 0 saturated carbocycles. The molecule has 2 aromatic rings. The second-order valence-corrected chi connectivity index (χ2v) is 10.3. The molecule has 2 heterocycles. The number of nitrogens with one attached hydrogen (secondary N) is 1. The topological polar surface area (TPSA) is 86.8 Å². The lowest BCUT2D eigenvalue weighted by molar-refractivity contribution is -0.137. The molecule has 1 saturated heterocycles. The highest BCUT2D eigenvalue weighted by molar-refractivity contribution is 7.89. The Balaban J connectivity index is 1.62. The van der Waals surface area contributed by atoms with Crippen LogP contribution in [0.3, 0.4) is 0 Å². The normalized spacial score (nSPS) is 19.1.